The van der Waals surface area contributed by atoms with Crippen molar-refractivity contribution in [2.24, 2.45) is 0 Å². The average Bonchev–Trinajstić information content (AvgIpc) is 2.06. The van der Waals surface area contributed by atoms with Gasteiger partial charge >= 0.3 is 6.18 Å². The first-order chi connectivity index (χ1) is 6.73. The molecule has 7 heteroatoms. The summed E-state index contributed by atoms with van der Waals surface area (Å²) in [5.74, 6) is -0.861. The Hall–Kier alpha value is -0.850. The third-order valence-corrected chi connectivity index (χ3v) is 2.47. The zero-order valence-electron chi connectivity index (χ0n) is 6.95. The summed E-state index contributed by atoms with van der Waals surface area (Å²) in [7, 11) is 0. The molecule has 0 heterocycles. The molecule has 0 aromatic heterocycles. The molecule has 0 atom stereocenters. The molecule has 0 unspecified atom stereocenters. The fourth-order valence-electron chi connectivity index (χ4n) is 0.963. The van der Waals surface area contributed by atoms with Crippen LogP contribution in [0.3, 0.4) is 0 Å². The maximum absolute atomic E-state index is 12.3. The molecule has 0 aliphatic carbocycles. The Morgan fingerprint density at radius 3 is 2.13 bits per heavy atom. The summed E-state index contributed by atoms with van der Waals surface area (Å²) in [4.78, 5) is 0. The maximum Gasteiger partial charge on any atom is 0.417 e. The molecule has 0 fully saturated rings. The van der Waals surface area contributed by atoms with Gasteiger partial charge in [0.25, 0.3) is 6.43 Å². The second-order valence-corrected chi connectivity index (χ2v) is 3.49. The first-order valence-corrected chi connectivity index (χ1v) is 4.40. The van der Waals surface area contributed by atoms with E-state index in [1.54, 1.807) is 0 Å². The molecule has 1 N–H and O–H groups in total. The van der Waals surface area contributed by atoms with Gasteiger partial charge in [0.05, 0.1) is 10.0 Å². The van der Waals surface area contributed by atoms with E-state index in [0.29, 0.717) is 12.1 Å². The van der Waals surface area contributed by atoms with Gasteiger partial charge in [0, 0.05) is 5.56 Å². The van der Waals surface area contributed by atoms with Gasteiger partial charge in [-0.05, 0) is 28.1 Å². The molecule has 0 saturated carbocycles. The average molecular weight is 291 g/mol. The quantitative estimate of drug-likeness (QED) is 0.772. The van der Waals surface area contributed by atoms with Crippen molar-refractivity contribution in [3.05, 3.63) is 27.7 Å². The molecule has 0 spiro atoms. The van der Waals surface area contributed by atoms with Crippen LogP contribution in [0.1, 0.15) is 17.6 Å². The third-order valence-electron chi connectivity index (χ3n) is 1.63. The van der Waals surface area contributed by atoms with Crippen LogP contribution in [0.25, 0.3) is 0 Å². The molecule has 0 bridgehead atoms. The van der Waals surface area contributed by atoms with E-state index in [1.165, 1.54) is 0 Å². The van der Waals surface area contributed by atoms with Crippen molar-refractivity contribution in [2.45, 2.75) is 12.6 Å². The number of hydrogen-bond acceptors (Lipinski definition) is 1. The van der Waals surface area contributed by atoms with E-state index in [0.717, 1.165) is 0 Å². The fraction of sp³-hybridized carbons (Fsp3) is 0.250. The zero-order valence-corrected chi connectivity index (χ0v) is 8.53. The van der Waals surface area contributed by atoms with Gasteiger partial charge in [-0.15, -0.1) is 0 Å². The van der Waals surface area contributed by atoms with Crippen LogP contribution in [0.4, 0.5) is 22.0 Å². The van der Waals surface area contributed by atoms with Crippen LogP contribution in [-0.4, -0.2) is 5.11 Å². The summed E-state index contributed by atoms with van der Waals surface area (Å²) in [5, 5.41) is 9.01. The molecule has 1 rings (SSSR count). The summed E-state index contributed by atoms with van der Waals surface area (Å²) >= 11 is 2.48. The van der Waals surface area contributed by atoms with Crippen molar-refractivity contribution < 1.29 is 27.1 Å². The molecular weight excluding hydrogens is 287 g/mol. The first-order valence-electron chi connectivity index (χ1n) is 3.61. The van der Waals surface area contributed by atoms with Crippen molar-refractivity contribution >= 4 is 15.9 Å². The first kappa shape index (κ1) is 12.2. The Morgan fingerprint density at radius 1 is 1.20 bits per heavy atom. The minimum absolute atomic E-state index is 0.300. The topological polar surface area (TPSA) is 20.2 Å². The van der Waals surface area contributed by atoms with Gasteiger partial charge < -0.3 is 5.11 Å². The highest BCUT2D eigenvalue weighted by atomic mass is 79.9. The van der Waals surface area contributed by atoms with E-state index in [1.807, 2.05) is 0 Å². The number of phenols is 1. The van der Waals surface area contributed by atoms with Crippen molar-refractivity contribution in [3.8, 4) is 5.75 Å². The fourth-order valence-corrected chi connectivity index (χ4v) is 1.42. The van der Waals surface area contributed by atoms with Crippen molar-refractivity contribution in [1.29, 1.82) is 0 Å². The van der Waals surface area contributed by atoms with Gasteiger partial charge in [-0.25, -0.2) is 8.78 Å². The van der Waals surface area contributed by atoms with Crippen LogP contribution in [0.2, 0.25) is 0 Å². The van der Waals surface area contributed by atoms with Crippen molar-refractivity contribution in [2.75, 3.05) is 0 Å². The highest BCUT2D eigenvalue weighted by Crippen LogP contribution is 2.41. The van der Waals surface area contributed by atoms with E-state index in [4.69, 9.17) is 5.11 Å². The number of halogens is 6. The second kappa shape index (κ2) is 3.96. The molecule has 0 radical (unpaired) electrons. The minimum Gasteiger partial charge on any atom is -0.507 e. The second-order valence-electron chi connectivity index (χ2n) is 2.70. The smallest absolute Gasteiger partial charge is 0.417 e. The molecule has 0 aliphatic heterocycles. The highest BCUT2D eigenvalue weighted by Gasteiger charge is 2.35. The number of rotatable bonds is 1. The standard InChI is InChI=1S/C8H4BrF5O/c9-6-4(8(12,13)14)1-3(7(10)11)2-5(6)15/h1-2,7,15H. The summed E-state index contributed by atoms with van der Waals surface area (Å²) in [6.45, 7) is 0. The molecule has 15 heavy (non-hydrogen) atoms. The predicted octanol–water partition coefficient (Wildman–Crippen LogP) is 4.11. The Balaban J connectivity index is 3.38. The lowest BCUT2D eigenvalue weighted by molar-refractivity contribution is -0.138. The molecular formula is C8H4BrF5O. The third kappa shape index (κ3) is 2.58. The Morgan fingerprint density at radius 2 is 1.73 bits per heavy atom. The largest absolute Gasteiger partial charge is 0.507 e. The van der Waals surface area contributed by atoms with Crippen LogP contribution >= 0.6 is 15.9 Å². The van der Waals surface area contributed by atoms with Crippen molar-refractivity contribution in [1.82, 2.24) is 0 Å². The number of hydrogen-bond donors (Lipinski definition) is 1. The normalized spacial score (nSPS) is 12.2. The zero-order chi connectivity index (χ0) is 11.8. The molecule has 0 saturated heterocycles. The molecule has 1 aromatic rings. The lowest BCUT2D eigenvalue weighted by atomic mass is 10.1. The van der Waals surface area contributed by atoms with Crippen LogP contribution in [-0.2, 0) is 6.18 Å². The summed E-state index contributed by atoms with van der Waals surface area (Å²) in [6.07, 6.45) is -7.86. The maximum atomic E-state index is 12.3. The minimum atomic E-state index is -4.79. The van der Waals surface area contributed by atoms with Crippen molar-refractivity contribution in [3.63, 3.8) is 0 Å². The number of alkyl halides is 5. The van der Waals surface area contributed by atoms with Gasteiger partial charge in [-0.3, -0.25) is 0 Å². The van der Waals surface area contributed by atoms with E-state index in [2.05, 4.69) is 15.9 Å². The lowest BCUT2D eigenvalue weighted by Gasteiger charge is -2.12. The van der Waals surface area contributed by atoms with Gasteiger partial charge in [-0.1, -0.05) is 0 Å². The molecule has 0 aliphatic rings. The Labute approximate surface area is 89.7 Å². The SMILES string of the molecule is Oc1cc(C(F)F)cc(C(F)(F)F)c1Br. The number of benzene rings is 1. The summed E-state index contributed by atoms with van der Waals surface area (Å²) in [6, 6.07) is 0.887. The molecule has 1 nitrogen and oxygen atoms in total. The molecule has 84 valence electrons. The van der Waals surface area contributed by atoms with E-state index >= 15 is 0 Å². The summed E-state index contributed by atoms with van der Waals surface area (Å²) < 4.78 is 60.5. The lowest BCUT2D eigenvalue weighted by Crippen LogP contribution is -2.07. The van der Waals surface area contributed by atoms with Gasteiger partial charge in [0.15, 0.2) is 0 Å². The van der Waals surface area contributed by atoms with E-state index < -0.39 is 34.0 Å². The monoisotopic (exact) mass is 290 g/mol. The van der Waals surface area contributed by atoms with E-state index in [-0.39, 0.29) is 0 Å². The Bertz CT molecular complexity index is 374. The number of aromatic hydroxyl groups is 1. The van der Waals surface area contributed by atoms with Crippen LogP contribution in [0.5, 0.6) is 5.75 Å². The van der Waals surface area contributed by atoms with Gasteiger partial charge in [0.2, 0.25) is 0 Å². The van der Waals surface area contributed by atoms with Crippen LogP contribution < -0.4 is 0 Å². The van der Waals surface area contributed by atoms with E-state index in [9.17, 15) is 22.0 Å². The van der Waals surface area contributed by atoms with Crippen LogP contribution in [0, 0.1) is 0 Å². The van der Waals surface area contributed by atoms with Gasteiger partial charge in [0.1, 0.15) is 5.75 Å². The molecule has 1 aromatic carbocycles. The summed E-state index contributed by atoms with van der Waals surface area (Å²) in [5.41, 5.74) is -2.19. The number of phenolic OH excluding ortho intramolecular Hbond substituents is 1. The molecule has 0 amide bonds. The predicted molar refractivity (Wildman–Crippen MR) is 45.8 cm³/mol. The van der Waals surface area contributed by atoms with Gasteiger partial charge in [-0.2, -0.15) is 13.2 Å². The Kier molecular flexibility index (Phi) is 3.22. The van der Waals surface area contributed by atoms with Crippen LogP contribution in [0.15, 0.2) is 16.6 Å². The highest BCUT2D eigenvalue weighted by molar-refractivity contribution is 9.10.